The number of halogens is 1. The van der Waals surface area contributed by atoms with Gasteiger partial charge in [0.15, 0.2) is 11.0 Å². The van der Waals surface area contributed by atoms with E-state index in [0.29, 0.717) is 23.1 Å². The number of aryl methyl sites for hydroxylation is 1. The van der Waals surface area contributed by atoms with E-state index in [-0.39, 0.29) is 17.5 Å². The van der Waals surface area contributed by atoms with Crippen LogP contribution in [-0.2, 0) is 11.3 Å². The number of carbonyl (C=O) groups is 1. The summed E-state index contributed by atoms with van der Waals surface area (Å²) in [5.74, 6) is 1.07. The van der Waals surface area contributed by atoms with Gasteiger partial charge >= 0.3 is 0 Å². The average Bonchev–Trinajstić information content (AvgIpc) is 3.21. The normalized spacial score (nSPS) is 14.3. The number of carbonyl (C=O) groups excluding carboxylic acids is 1. The fourth-order valence-electron chi connectivity index (χ4n) is 3.90. The number of benzene rings is 2. The first kappa shape index (κ1) is 23.3. The van der Waals surface area contributed by atoms with E-state index < -0.39 is 0 Å². The van der Waals surface area contributed by atoms with E-state index in [9.17, 15) is 9.18 Å². The molecule has 1 aliphatic heterocycles. The smallest absolute Gasteiger partial charge is 0.234 e. The summed E-state index contributed by atoms with van der Waals surface area (Å²) in [4.78, 5) is 15.0. The van der Waals surface area contributed by atoms with Crippen LogP contribution in [0.5, 0.6) is 5.75 Å². The number of hydrogen-bond donors (Lipinski definition) is 1. The van der Waals surface area contributed by atoms with Gasteiger partial charge in [-0.05, 0) is 74.8 Å². The summed E-state index contributed by atoms with van der Waals surface area (Å²) in [6.45, 7) is 4.68. The van der Waals surface area contributed by atoms with Gasteiger partial charge in [0.2, 0.25) is 5.91 Å². The van der Waals surface area contributed by atoms with Crippen molar-refractivity contribution in [2.45, 2.75) is 37.9 Å². The van der Waals surface area contributed by atoms with Crippen LogP contribution in [0.3, 0.4) is 0 Å². The molecule has 1 amide bonds. The summed E-state index contributed by atoms with van der Waals surface area (Å²) in [6.07, 6.45) is 3.60. The Balaban J connectivity index is 1.51. The molecule has 1 saturated heterocycles. The van der Waals surface area contributed by atoms with Crippen molar-refractivity contribution in [3.05, 3.63) is 59.7 Å². The molecule has 0 atom stereocenters. The minimum absolute atomic E-state index is 0.153. The van der Waals surface area contributed by atoms with Gasteiger partial charge in [0.1, 0.15) is 11.6 Å². The molecule has 1 fully saturated rings. The standard InChI is InChI=1S/C24H28FN5O2S/c1-17-6-11-21(32-2)20(14-17)26-23(31)16-33-24-28-27-22(15-29-12-4-3-5-13-29)30(24)19-9-7-18(25)8-10-19/h6-11,14H,3-5,12-13,15-16H2,1-2H3,(H,26,31). The SMILES string of the molecule is COc1ccc(C)cc1NC(=O)CSc1nnc(CN2CCCCC2)n1-c1ccc(F)cc1. The quantitative estimate of drug-likeness (QED) is 0.492. The van der Waals surface area contributed by atoms with Crippen molar-refractivity contribution < 1.29 is 13.9 Å². The predicted octanol–water partition coefficient (Wildman–Crippen LogP) is 4.44. The monoisotopic (exact) mass is 469 g/mol. The highest BCUT2D eigenvalue weighted by molar-refractivity contribution is 7.99. The Morgan fingerprint density at radius 3 is 2.61 bits per heavy atom. The third-order valence-corrected chi connectivity index (χ3v) is 6.49. The molecule has 174 valence electrons. The third kappa shape index (κ3) is 5.91. The maximum absolute atomic E-state index is 13.5. The van der Waals surface area contributed by atoms with Crippen LogP contribution >= 0.6 is 11.8 Å². The molecule has 0 aliphatic carbocycles. The molecule has 0 bridgehead atoms. The van der Waals surface area contributed by atoms with Crippen molar-refractivity contribution in [2.24, 2.45) is 0 Å². The Morgan fingerprint density at radius 1 is 1.12 bits per heavy atom. The van der Waals surface area contributed by atoms with Crippen molar-refractivity contribution in [1.82, 2.24) is 19.7 Å². The molecule has 0 saturated carbocycles. The van der Waals surface area contributed by atoms with Gasteiger partial charge in [0.25, 0.3) is 0 Å². The molecule has 2 heterocycles. The molecule has 2 aromatic carbocycles. The largest absolute Gasteiger partial charge is 0.495 e. The topological polar surface area (TPSA) is 72.3 Å². The number of thioether (sulfide) groups is 1. The average molecular weight is 470 g/mol. The molecular weight excluding hydrogens is 441 g/mol. The van der Waals surface area contributed by atoms with E-state index in [0.717, 1.165) is 30.2 Å². The molecule has 0 radical (unpaired) electrons. The number of hydrogen-bond acceptors (Lipinski definition) is 6. The maximum Gasteiger partial charge on any atom is 0.234 e. The van der Waals surface area contributed by atoms with Crippen molar-refractivity contribution in [3.63, 3.8) is 0 Å². The summed E-state index contributed by atoms with van der Waals surface area (Å²) in [6, 6.07) is 11.9. The Kier molecular flexibility index (Phi) is 7.61. The number of rotatable bonds is 8. The van der Waals surface area contributed by atoms with Gasteiger partial charge in [0, 0.05) is 5.69 Å². The molecule has 1 N–H and O–H groups in total. The Morgan fingerprint density at radius 2 is 1.88 bits per heavy atom. The van der Waals surface area contributed by atoms with Gasteiger partial charge in [-0.25, -0.2) is 4.39 Å². The van der Waals surface area contributed by atoms with Crippen LogP contribution < -0.4 is 10.1 Å². The predicted molar refractivity (Wildman–Crippen MR) is 128 cm³/mol. The van der Waals surface area contributed by atoms with E-state index in [1.54, 1.807) is 19.2 Å². The van der Waals surface area contributed by atoms with E-state index >= 15 is 0 Å². The van der Waals surface area contributed by atoms with Crippen LogP contribution in [0, 0.1) is 12.7 Å². The second-order valence-corrected chi connectivity index (χ2v) is 9.03. The lowest BCUT2D eigenvalue weighted by Gasteiger charge is -2.26. The number of nitrogens with one attached hydrogen (secondary N) is 1. The second kappa shape index (κ2) is 10.8. The van der Waals surface area contributed by atoms with E-state index in [1.165, 1.54) is 43.2 Å². The lowest BCUT2D eigenvalue weighted by molar-refractivity contribution is -0.113. The number of amides is 1. The molecule has 0 spiro atoms. The molecular formula is C24H28FN5O2S. The molecule has 0 unspecified atom stereocenters. The van der Waals surface area contributed by atoms with Crippen molar-refractivity contribution >= 4 is 23.4 Å². The van der Waals surface area contributed by atoms with E-state index in [4.69, 9.17) is 4.74 Å². The van der Waals surface area contributed by atoms with Crippen molar-refractivity contribution in [1.29, 1.82) is 0 Å². The highest BCUT2D eigenvalue weighted by Crippen LogP contribution is 2.27. The number of ether oxygens (including phenoxy) is 1. The number of aromatic nitrogens is 3. The number of methoxy groups -OCH3 is 1. The van der Waals surface area contributed by atoms with Crippen molar-refractivity contribution in [3.8, 4) is 11.4 Å². The Hall–Kier alpha value is -2.91. The molecule has 4 rings (SSSR count). The van der Waals surface area contributed by atoms with Gasteiger partial charge in [0.05, 0.1) is 25.1 Å². The van der Waals surface area contributed by atoms with E-state index in [1.807, 2.05) is 29.7 Å². The summed E-state index contributed by atoms with van der Waals surface area (Å²) in [5.41, 5.74) is 2.43. The van der Waals surface area contributed by atoms with Crippen LogP contribution in [0.2, 0.25) is 0 Å². The molecule has 3 aromatic rings. The summed E-state index contributed by atoms with van der Waals surface area (Å²) < 4.78 is 20.8. The van der Waals surface area contributed by atoms with Crippen LogP contribution in [0.1, 0.15) is 30.7 Å². The number of piperidine rings is 1. The summed E-state index contributed by atoms with van der Waals surface area (Å²) in [7, 11) is 1.57. The first-order valence-electron chi connectivity index (χ1n) is 11.0. The Bertz CT molecular complexity index is 1100. The lowest BCUT2D eigenvalue weighted by atomic mass is 10.1. The number of anilines is 1. The number of likely N-dealkylation sites (tertiary alicyclic amines) is 1. The molecule has 1 aliphatic rings. The summed E-state index contributed by atoms with van der Waals surface area (Å²) >= 11 is 1.30. The first-order valence-corrected chi connectivity index (χ1v) is 12.0. The van der Waals surface area contributed by atoms with Crippen LogP contribution in [0.15, 0.2) is 47.6 Å². The first-order chi connectivity index (χ1) is 16.0. The van der Waals surface area contributed by atoms with Crippen LogP contribution in [0.4, 0.5) is 10.1 Å². The van der Waals surface area contributed by atoms with Crippen LogP contribution in [0.25, 0.3) is 5.69 Å². The van der Waals surface area contributed by atoms with Crippen molar-refractivity contribution in [2.75, 3.05) is 31.3 Å². The molecule has 33 heavy (non-hydrogen) atoms. The molecule has 9 heteroatoms. The van der Waals surface area contributed by atoms with Gasteiger partial charge in [-0.1, -0.05) is 24.2 Å². The highest BCUT2D eigenvalue weighted by Gasteiger charge is 2.20. The maximum atomic E-state index is 13.5. The zero-order valence-corrected chi connectivity index (χ0v) is 19.7. The molecule has 7 nitrogen and oxygen atoms in total. The minimum atomic E-state index is -0.301. The fraction of sp³-hybridized carbons (Fsp3) is 0.375. The van der Waals surface area contributed by atoms with Crippen LogP contribution in [-0.4, -0.2) is 51.5 Å². The fourth-order valence-corrected chi connectivity index (χ4v) is 4.67. The van der Waals surface area contributed by atoms with Gasteiger partial charge < -0.3 is 10.1 Å². The van der Waals surface area contributed by atoms with Gasteiger partial charge in [-0.15, -0.1) is 10.2 Å². The highest BCUT2D eigenvalue weighted by atomic mass is 32.2. The zero-order valence-electron chi connectivity index (χ0n) is 18.9. The second-order valence-electron chi connectivity index (χ2n) is 8.09. The lowest BCUT2D eigenvalue weighted by Crippen LogP contribution is -2.30. The number of nitrogens with zero attached hydrogens (tertiary/aromatic N) is 4. The minimum Gasteiger partial charge on any atom is -0.495 e. The van der Waals surface area contributed by atoms with Gasteiger partial charge in [-0.2, -0.15) is 0 Å². The van der Waals surface area contributed by atoms with Gasteiger partial charge in [-0.3, -0.25) is 14.3 Å². The Labute approximate surface area is 197 Å². The van der Waals surface area contributed by atoms with E-state index in [2.05, 4.69) is 20.4 Å². The third-order valence-electron chi connectivity index (χ3n) is 5.56. The molecule has 1 aromatic heterocycles. The summed E-state index contributed by atoms with van der Waals surface area (Å²) in [5, 5.41) is 12.3. The zero-order chi connectivity index (χ0) is 23.2.